The average molecular weight is 505 g/mol. The van der Waals surface area contributed by atoms with E-state index in [9.17, 15) is 26.3 Å². The molecule has 0 aliphatic carbocycles. The maximum atomic E-state index is 14.0. The second-order valence-corrected chi connectivity index (χ2v) is 7.73. The van der Waals surface area contributed by atoms with E-state index in [0.29, 0.717) is 0 Å². The average Bonchev–Trinajstić information content (AvgIpc) is 3.08. The number of halogens is 9. The number of nitrogens with zero attached hydrogens (tertiary/aromatic N) is 2. The molecule has 0 bridgehead atoms. The molecular formula is C18H10Cl3F6N3O. The van der Waals surface area contributed by atoms with Crippen LogP contribution in [0.3, 0.4) is 0 Å². The molecule has 3 rings (SSSR count). The van der Waals surface area contributed by atoms with Crippen LogP contribution in [-0.2, 0) is 10.4 Å². The largest absolute Gasteiger partial charge is 0.448 e. The Hall–Kier alpha value is -2.17. The molecule has 13 heteroatoms. The topological polar surface area (TPSA) is 60.0 Å². The minimum Gasteiger partial charge on any atom is -0.380 e. The molecule has 0 saturated heterocycles. The zero-order valence-electron chi connectivity index (χ0n) is 15.0. The van der Waals surface area contributed by atoms with Crippen molar-refractivity contribution in [2.24, 2.45) is 15.9 Å². The summed E-state index contributed by atoms with van der Waals surface area (Å²) in [5, 5.41) is 3.24. The minimum absolute atomic E-state index is 0.0115. The lowest BCUT2D eigenvalue weighted by Gasteiger charge is -2.29. The van der Waals surface area contributed by atoms with Crippen molar-refractivity contribution >= 4 is 52.0 Å². The Balaban J connectivity index is 2.02. The fraction of sp³-hybridized carbons (Fsp3) is 0.222. The highest BCUT2D eigenvalue weighted by atomic mass is 35.5. The van der Waals surface area contributed by atoms with Crippen molar-refractivity contribution in [1.29, 1.82) is 0 Å². The minimum atomic E-state index is -4.93. The molecular weight excluding hydrogens is 495 g/mol. The van der Waals surface area contributed by atoms with Crippen LogP contribution in [0.5, 0.6) is 0 Å². The number of hydrogen-bond donors (Lipinski definition) is 1. The SMILES string of the molecule is NC(=Nc1cc(C2=NOC(c3cc(Cl)cc(Cl)c3)(C(F)(F)F)C2)ccc1Cl)C(F)(F)F. The van der Waals surface area contributed by atoms with E-state index in [4.69, 9.17) is 45.4 Å². The predicted octanol–water partition coefficient (Wildman–Crippen LogP) is 6.78. The van der Waals surface area contributed by atoms with Gasteiger partial charge in [0.2, 0.25) is 5.84 Å². The fourth-order valence-corrected chi connectivity index (χ4v) is 3.50. The van der Waals surface area contributed by atoms with Crippen molar-refractivity contribution in [2.75, 3.05) is 0 Å². The molecule has 166 valence electrons. The number of hydrogen-bond acceptors (Lipinski definition) is 3. The molecule has 0 saturated carbocycles. The summed E-state index contributed by atoms with van der Waals surface area (Å²) in [6.45, 7) is 0. The van der Waals surface area contributed by atoms with E-state index >= 15 is 0 Å². The molecule has 1 unspecified atom stereocenters. The summed E-state index contributed by atoms with van der Waals surface area (Å²) in [6, 6.07) is 6.79. The highest BCUT2D eigenvalue weighted by Gasteiger charge is 2.62. The van der Waals surface area contributed by atoms with Crippen LogP contribution in [0.15, 0.2) is 46.5 Å². The van der Waals surface area contributed by atoms with Crippen LogP contribution in [-0.4, -0.2) is 23.9 Å². The lowest BCUT2D eigenvalue weighted by Crippen LogP contribution is -2.42. The monoisotopic (exact) mass is 503 g/mol. The van der Waals surface area contributed by atoms with Gasteiger partial charge in [0.1, 0.15) is 0 Å². The summed E-state index contributed by atoms with van der Waals surface area (Å²) in [7, 11) is 0. The quantitative estimate of drug-likeness (QED) is 0.285. The first-order chi connectivity index (χ1) is 14.2. The Morgan fingerprint density at radius 2 is 1.61 bits per heavy atom. The normalized spacial score (nSPS) is 19.9. The summed E-state index contributed by atoms with van der Waals surface area (Å²) in [6.07, 6.45) is -10.6. The number of benzene rings is 2. The van der Waals surface area contributed by atoms with Gasteiger partial charge in [-0.25, -0.2) is 4.99 Å². The molecule has 31 heavy (non-hydrogen) atoms. The second kappa shape index (κ2) is 8.07. The van der Waals surface area contributed by atoms with Crippen molar-refractivity contribution in [1.82, 2.24) is 0 Å². The van der Waals surface area contributed by atoms with Gasteiger partial charge in [-0.15, -0.1) is 0 Å². The Kier molecular flexibility index (Phi) is 6.11. The van der Waals surface area contributed by atoms with Gasteiger partial charge < -0.3 is 10.6 Å². The number of rotatable bonds is 3. The third-order valence-corrected chi connectivity index (χ3v) is 5.08. The van der Waals surface area contributed by atoms with Crippen LogP contribution in [0, 0.1) is 0 Å². The number of aliphatic imine (C=N–C) groups is 1. The molecule has 0 fully saturated rings. The standard InChI is InChI=1S/C18H10Cl3F6N3O/c19-10-4-9(5-11(20)6-10)16(18(25,26)27)7-14(30-31-16)8-1-2-12(21)13(3-8)29-15(28)17(22,23)24/h1-6H,7H2,(H2,28,29). The van der Waals surface area contributed by atoms with E-state index in [2.05, 4.69) is 10.1 Å². The van der Waals surface area contributed by atoms with Gasteiger partial charge in [0.15, 0.2) is 0 Å². The molecule has 0 aromatic heterocycles. The van der Waals surface area contributed by atoms with Crippen molar-refractivity contribution in [3.63, 3.8) is 0 Å². The predicted molar refractivity (Wildman–Crippen MR) is 105 cm³/mol. The second-order valence-electron chi connectivity index (χ2n) is 6.45. The van der Waals surface area contributed by atoms with Crippen molar-refractivity contribution in [2.45, 2.75) is 24.4 Å². The first-order valence-corrected chi connectivity index (χ1v) is 9.36. The summed E-state index contributed by atoms with van der Waals surface area (Å²) in [5.41, 5.74) is 1.03. The summed E-state index contributed by atoms with van der Waals surface area (Å²) in [5.74, 6) is -1.67. The molecule has 0 radical (unpaired) electrons. The highest BCUT2D eigenvalue weighted by molar-refractivity contribution is 6.34. The van der Waals surface area contributed by atoms with E-state index in [1.165, 1.54) is 12.1 Å². The van der Waals surface area contributed by atoms with Gasteiger partial charge >= 0.3 is 12.4 Å². The van der Waals surface area contributed by atoms with Gasteiger partial charge in [-0.05, 0) is 30.3 Å². The third kappa shape index (κ3) is 4.70. The van der Waals surface area contributed by atoms with Gasteiger partial charge in [-0.1, -0.05) is 46.0 Å². The summed E-state index contributed by atoms with van der Waals surface area (Å²) >= 11 is 17.5. The number of nitrogens with two attached hydrogens (primary N) is 1. The van der Waals surface area contributed by atoms with Crippen molar-refractivity contribution < 1.29 is 31.2 Å². The first-order valence-electron chi connectivity index (χ1n) is 8.22. The molecule has 1 atom stereocenters. The molecule has 0 spiro atoms. The van der Waals surface area contributed by atoms with E-state index in [1.54, 1.807) is 0 Å². The van der Waals surface area contributed by atoms with Crippen LogP contribution < -0.4 is 5.73 Å². The van der Waals surface area contributed by atoms with E-state index in [0.717, 1.165) is 24.3 Å². The smallest absolute Gasteiger partial charge is 0.380 e. The van der Waals surface area contributed by atoms with Gasteiger partial charge in [0.25, 0.3) is 5.60 Å². The van der Waals surface area contributed by atoms with Crippen LogP contribution in [0.1, 0.15) is 17.5 Å². The van der Waals surface area contributed by atoms with Gasteiger partial charge in [-0.3, -0.25) is 0 Å². The molecule has 1 heterocycles. The Bertz CT molecular complexity index is 1060. The van der Waals surface area contributed by atoms with Crippen LogP contribution in [0.4, 0.5) is 32.0 Å². The zero-order chi connectivity index (χ0) is 23.2. The molecule has 0 amide bonds. The molecule has 2 aromatic rings. The number of amidine groups is 1. The van der Waals surface area contributed by atoms with Gasteiger partial charge in [0.05, 0.1) is 16.4 Å². The molecule has 2 N–H and O–H groups in total. The number of oxime groups is 1. The number of alkyl halides is 6. The van der Waals surface area contributed by atoms with Crippen molar-refractivity contribution in [3.8, 4) is 0 Å². The fourth-order valence-electron chi connectivity index (χ4n) is 2.82. The van der Waals surface area contributed by atoms with Crippen molar-refractivity contribution in [3.05, 3.63) is 62.6 Å². The van der Waals surface area contributed by atoms with E-state index in [1.807, 2.05) is 0 Å². The maximum absolute atomic E-state index is 14.0. The molecule has 4 nitrogen and oxygen atoms in total. The van der Waals surface area contributed by atoms with Crippen LogP contribution >= 0.6 is 34.8 Å². The van der Waals surface area contributed by atoms with E-state index < -0.39 is 35.9 Å². The van der Waals surface area contributed by atoms with Crippen LogP contribution in [0.2, 0.25) is 15.1 Å². The maximum Gasteiger partial charge on any atom is 0.448 e. The Labute approximate surface area is 186 Å². The zero-order valence-corrected chi connectivity index (χ0v) is 17.2. The molecule has 2 aromatic carbocycles. The summed E-state index contributed by atoms with van der Waals surface area (Å²) < 4.78 is 80.1. The molecule has 1 aliphatic rings. The Morgan fingerprint density at radius 3 is 2.16 bits per heavy atom. The van der Waals surface area contributed by atoms with Gasteiger partial charge in [-0.2, -0.15) is 26.3 Å². The highest BCUT2D eigenvalue weighted by Crippen LogP contribution is 2.50. The van der Waals surface area contributed by atoms with Crippen LogP contribution in [0.25, 0.3) is 0 Å². The molecule has 1 aliphatic heterocycles. The lowest BCUT2D eigenvalue weighted by molar-refractivity contribution is -0.275. The summed E-state index contributed by atoms with van der Waals surface area (Å²) in [4.78, 5) is 8.06. The van der Waals surface area contributed by atoms with Gasteiger partial charge in [0, 0.05) is 27.6 Å². The Morgan fingerprint density at radius 1 is 1.00 bits per heavy atom. The van der Waals surface area contributed by atoms with E-state index in [-0.39, 0.29) is 31.9 Å². The first kappa shape index (κ1) is 23.5. The lowest BCUT2D eigenvalue weighted by atomic mass is 9.86. The third-order valence-electron chi connectivity index (χ3n) is 4.33.